The number of hydrogen-bond acceptors (Lipinski definition) is 4. The number of ether oxygens (including phenoxy) is 1. The molecule has 0 spiro atoms. The molecule has 0 radical (unpaired) electrons. The third-order valence-corrected chi connectivity index (χ3v) is 4.84. The zero-order chi connectivity index (χ0) is 16.8. The summed E-state index contributed by atoms with van der Waals surface area (Å²) in [6, 6.07) is 12.1. The predicted octanol–water partition coefficient (Wildman–Crippen LogP) is 3.78. The van der Waals surface area contributed by atoms with Crippen molar-refractivity contribution in [3.63, 3.8) is 0 Å². The number of aromatic hydroxyl groups is 1. The van der Waals surface area contributed by atoms with Gasteiger partial charge >= 0.3 is 0 Å². The van der Waals surface area contributed by atoms with Crippen molar-refractivity contribution in [3.05, 3.63) is 53.9 Å². The molecule has 1 aromatic carbocycles. The third-order valence-electron chi connectivity index (χ3n) is 4.84. The first kappa shape index (κ1) is 16.8. The summed E-state index contributed by atoms with van der Waals surface area (Å²) < 4.78 is 5.31. The summed E-state index contributed by atoms with van der Waals surface area (Å²) in [6.07, 6.45) is 7.84. The number of phenolic OH excluding ortho intramolecular Hbond substituents is 1. The van der Waals surface area contributed by atoms with E-state index in [-0.39, 0.29) is 0 Å². The first-order valence-electron chi connectivity index (χ1n) is 8.75. The van der Waals surface area contributed by atoms with Gasteiger partial charge in [0, 0.05) is 24.8 Å². The molecule has 24 heavy (non-hydrogen) atoms. The van der Waals surface area contributed by atoms with Crippen LogP contribution in [0.5, 0.6) is 11.5 Å². The number of likely N-dealkylation sites (tertiary alicyclic amines) is 1. The van der Waals surface area contributed by atoms with Crippen LogP contribution in [-0.2, 0) is 13.0 Å². The van der Waals surface area contributed by atoms with Crippen LogP contribution < -0.4 is 4.74 Å². The molecule has 1 aliphatic rings. The molecule has 0 saturated carbocycles. The number of methoxy groups -OCH3 is 1. The highest BCUT2D eigenvalue weighted by Crippen LogP contribution is 2.24. The number of hydrogen-bond donors (Lipinski definition) is 1. The maximum atomic E-state index is 9.40. The number of aromatic nitrogens is 1. The highest BCUT2D eigenvalue weighted by Gasteiger charge is 2.22. The Morgan fingerprint density at radius 2 is 2.04 bits per heavy atom. The molecule has 4 nitrogen and oxygen atoms in total. The van der Waals surface area contributed by atoms with E-state index < -0.39 is 0 Å². The van der Waals surface area contributed by atoms with E-state index in [9.17, 15) is 5.11 Å². The Morgan fingerprint density at radius 1 is 1.21 bits per heavy atom. The van der Waals surface area contributed by atoms with E-state index in [1.165, 1.54) is 24.8 Å². The van der Waals surface area contributed by atoms with Gasteiger partial charge in [-0.15, -0.1) is 0 Å². The molecule has 1 aliphatic heterocycles. The summed E-state index contributed by atoms with van der Waals surface area (Å²) in [6.45, 7) is 2.02. The fourth-order valence-electron chi connectivity index (χ4n) is 3.47. The summed E-state index contributed by atoms with van der Waals surface area (Å²) in [7, 11) is 1.69. The quantitative estimate of drug-likeness (QED) is 0.877. The van der Waals surface area contributed by atoms with Gasteiger partial charge in [0.25, 0.3) is 0 Å². The first-order valence-corrected chi connectivity index (χ1v) is 8.75. The summed E-state index contributed by atoms with van der Waals surface area (Å²) in [5.41, 5.74) is 2.36. The van der Waals surface area contributed by atoms with E-state index in [4.69, 9.17) is 4.74 Å². The van der Waals surface area contributed by atoms with Crippen LogP contribution in [0.1, 0.15) is 36.9 Å². The summed E-state index contributed by atoms with van der Waals surface area (Å²) in [4.78, 5) is 7.06. The molecule has 2 aromatic rings. The first-order chi connectivity index (χ1) is 11.7. The summed E-state index contributed by atoms with van der Waals surface area (Å²) in [5, 5.41) is 9.40. The van der Waals surface area contributed by atoms with E-state index >= 15 is 0 Å². The fourth-order valence-corrected chi connectivity index (χ4v) is 3.47. The highest BCUT2D eigenvalue weighted by molar-refractivity contribution is 5.26. The van der Waals surface area contributed by atoms with Crippen molar-refractivity contribution in [2.75, 3.05) is 13.7 Å². The molecule has 3 rings (SSSR count). The topological polar surface area (TPSA) is 45.6 Å². The largest absolute Gasteiger partial charge is 0.508 e. The van der Waals surface area contributed by atoms with Gasteiger partial charge in [0.1, 0.15) is 11.5 Å². The molecular formula is C20H26N2O2. The predicted molar refractivity (Wildman–Crippen MR) is 95.3 cm³/mol. The van der Waals surface area contributed by atoms with E-state index in [0.717, 1.165) is 37.4 Å². The second-order valence-corrected chi connectivity index (χ2v) is 6.51. The van der Waals surface area contributed by atoms with Crippen LogP contribution in [0, 0.1) is 0 Å². The Morgan fingerprint density at radius 3 is 2.83 bits per heavy atom. The Kier molecular flexibility index (Phi) is 5.70. The summed E-state index contributed by atoms with van der Waals surface area (Å²) in [5.74, 6) is 1.21. The van der Waals surface area contributed by atoms with Gasteiger partial charge in [-0.2, -0.15) is 0 Å². The lowest BCUT2D eigenvalue weighted by Crippen LogP contribution is -2.39. The molecule has 1 atom stereocenters. The van der Waals surface area contributed by atoms with Crippen LogP contribution in [0.15, 0.2) is 42.6 Å². The maximum absolute atomic E-state index is 9.40. The molecule has 0 bridgehead atoms. The number of benzene rings is 1. The standard InChI is InChI=1S/C20H26N2O2/c1-24-20-11-12-21-17(14-20)15-22-13-3-2-4-18(22)8-5-16-6-9-19(23)10-7-16/h6-7,9-12,14,18,23H,2-5,8,13,15H2,1H3/t18-/m1/s1. The van der Waals surface area contributed by atoms with E-state index in [2.05, 4.69) is 9.88 Å². The van der Waals surface area contributed by atoms with Gasteiger partial charge in [0.05, 0.1) is 12.8 Å². The maximum Gasteiger partial charge on any atom is 0.122 e. The van der Waals surface area contributed by atoms with Crippen molar-refractivity contribution in [2.24, 2.45) is 0 Å². The Bertz CT molecular complexity index is 642. The molecule has 0 unspecified atom stereocenters. The Balaban J connectivity index is 1.61. The smallest absolute Gasteiger partial charge is 0.122 e. The minimum absolute atomic E-state index is 0.335. The van der Waals surface area contributed by atoms with Crippen LogP contribution in [0.3, 0.4) is 0 Å². The zero-order valence-electron chi connectivity index (χ0n) is 14.3. The second kappa shape index (κ2) is 8.15. The Hall–Kier alpha value is -2.07. The van der Waals surface area contributed by atoms with Crippen molar-refractivity contribution in [1.29, 1.82) is 0 Å². The van der Waals surface area contributed by atoms with Crippen LogP contribution in [-0.4, -0.2) is 34.7 Å². The number of piperidine rings is 1. The van der Waals surface area contributed by atoms with E-state index in [1.54, 1.807) is 19.2 Å². The van der Waals surface area contributed by atoms with Gasteiger partial charge in [-0.3, -0.25) is 9.88 Å². The molecule has 1 aromatic heterocycles. The molecule has 4 heteroatoms. The normalized spacial score (nSPS) is 18.5. The van der Waals surface area contributed by atoms with E-state index in [1.807, 2.05) is 30.5 Å². The number of pyridine rings is 1. The van der Waals surface area contributed by atoms with Gasteiger partial charge in [-0.05, 0) is 56.0 Å². The minimum Gasteiger partial charge on any atom is -0.508 e. The molecule has 0 aliphatic carbocycles. The molecule has 1 saturated heterocycles. The van der Waals surface area contributed by atoms with Crippen LogP contribution >= 0.6 is 0 Å². The monoisotopic (exact) mass is 326 g/mol. The van der Waals surface area contributed by atoms with Crippen molar-refractivity contribution in [2.45, 2.75) is 44.7 Å². The van der Waals surface area contributed by atoms with E-state index in [0.29, 0.717) is 11.8 Å². The fraction of sp³-hybridized carbons (Fsp3) is 0.450. The van der Waals surface area contributed by atoms with Gasteiger partial charge in [-0.25, -0.2) is 0 Å². The second-order valence-electron chi connectivity index (χ2n) is 6.51. The van der Waals surface area contributed by atoms with Crippen molar-refractivity contribution >= 4 is 0 Å². The Labute approximate surface area is 144 Å². The van der Waals surface area contributed by atoms with Crippen LogP contribution in [0.2, 0.25) is 0 Å². The van der Waals surface area contributed by atoms with Crippen LogP contribution in [0.4, 0.5) is 0 Å². The molecule has 128 valence electrons. The van der Waals surface area contributed by atoms with Crippen molar-refractivity contribution in [1.82, 2.24) is 9.88 Å². The molecule has 1 N–H and O–H groups in total. The number of nitrogens with zero attached hydrogens (tertiary/aromatic N) is 2. The lowest BCUT2D eigenvalue weighted by atomic mass is 9.95. The van der Waals surface area contributed by atoms with Gasteiger partial charge in [0.15, 0.2) is 0 Å². The zero-order valence-corrected chi connectivity index (χ0v) is 14.3. The number of aryl methyl sites for hydroxylation is 1. The average molecular weight is 326 g/mol. The minimum atomic E-state index is 0.335. The lowest BCUT2D eigenvalue weighted by molar-refractivity contribution is 0.130. The number of phenols is 1. The molecule has 1 fully saturated rings. The molecule has 2 heterocycles. The third kappa shape index (κ3) is 4.48. The number of rotatable bonds is 6. The highest BCUT2D eigenvalue weighted by atomic mass is 16.5. The van der Waals surface area contributed by atoms with Crippen molar-refractivity contribution < 1.29 is 9.84 Å². The van der Waals surface area contributed by atoms with Crippen LogP contribution in [0.25, 0.3) is 0 Å². The molecule has 0 amide bonds. The SMILES string of the molecule is COc1ccnc(CN2CCCC[C@@H]2CCc2ccc(O)cc2)c1. The molecular weight excluding hydrogens is 300 g/mol. The van der Waals surface area contributed by atoms with Gasteiger partial charge in [0.2, 0.25) is 0 Å². The van der Waals surface area contributed by atoms with Crippen molar-refractivity contribution in [3.8, 4) is 11.5 Å². The summed E-state index contributed by atoms with van der Waals surface area (Å²) >= 11 is 0. The lowest BCUT2D eigenvalue weighted by Gasteiger charge is -2.35. The average Bonchev–Trinajstić information content (AvgIpc) is 2.62. The van der Waals surface area contributed by atoms with Gasteiger partial charge in [-0.1, -0.05) is 18.6 Å². The van der Waals surface area contributed by atoms with Gasteiger partial charge < -0.3 is 9.84 Å².